The Morgan fingerprint density at radius 1 is 0.632 bits per heavy atom. The summed E-state index contributed by atoms with van der Waals surface area (Å²) in [5, 5.41) is 0. The van der Waals surface area contributed by atoms with Crippen LogP contribution in [-0.4, -0.2) is 52.8 Å². The first-order valence-electron chi connectivity index (χ1n) is 7.20. The van der Waals surface area contributed by atoms with Crippen molar-refractivity contribution in [1.29, 1.82) is 0 Å². The molecule has 1 aliphatic heterocycles. The first-order valence-corrected chi connectivity index (χ1v) is 18.0. The lowest BCUT2D eigenvalue weighted by Gasteiger charge is -2.25. The van der Waals surface area contributed by atoms with Crippen molar-refractivity contribution in [2.24, 2.45) is 0 Å². The van der Waals surface area contributed by atoms with E-state index in [9.17, 15) is 0 Å². The highest BCUT2D eigenvalue weighted by atomic mass is 28.5. The maximum Gasteiger partial charge on any atom is 0.309 e. The lowest BCUT2D eigenvalue weighted by molar-refractivity contribution is 0.249. The third-order valence-electron chi connectivity index (χ3n) is 2.93. The van der Waals surface area contributed by atoms with Crippen LogP contribution in [0.25, 0.3) is 0 Å². The van der Waals surface area contributed by atoms with E-state index < -0.39 is 46.2 Å². The predicted molar refractivity (Wildman–Crippen MR) is 89.4 cm³/mol. The fraction of sp³-hybridized carbons (Fsp3) is 1.00. The van der Waals surface area contributed by atoms with Crippen molar-refractivity contribution in [2.45, 2.75) is 51.6 Å². The van der Waals surface area contributed by atoms with Gasteiger partial charge in [0, 0.05) is 6.61 Å². The van der Waals surface area contributed by atoms with Crippen molar-refractivity contribution in [3.63, 3.8) is 0 Å². The molecule has 114 valence electrons. The van der Waals surface area contributed by atoms with Crippen LogP contribution < -0.4 is 0 Å². The Balaban J connectivity index is 2.48. The maximum atomic E-state index is 6.07. The Labute approximate surface area is 125 Å². The lowest BCUT2D eigenvalue weighted by atomic mass is 10.4. The zero-order valence-corrected chi connectivity index (χ0v) is 18.5. The van der Waals surface area contributed by atoms with E-state index in [1.165, 1.54) is 12.5 Å². The Kier molecular flexibility index (Phi) is 9.21. The summed E-state index contributed by atoms with van der Waals surface area (Å²) in [4.78, 5) is 0. The minimum atomic E-state index is -1.59. The Hall–Kier alpha value is 0.884. The molecule has 0 amide bonds. The lowest BCUT2D eigenvalue weighted by Crippen LogP contribution is -2.39. The van der Waals surface area contributed by atoms with Crippen LogP contribution in [-0.2, 0) is 20.9 Å². The SMILES string of the molecule is C[SiH]1CCCCO[SiH](C)O[SiH](C)O[SiH](C)O[SiH](C)O1. The van der Waals surface area contributed by atoms with Gasteiger partial charge in [-0.15, -0.1) is 0 Å². The van der Waals surface area contributed by atoms with Gasteiger partial charge in [0.1, 0.15) is 0 Å². The molecule has 5 unspecified atom stereocenters. The van der Waals surface area contributed by atoms with Crippen molar-refractivity contribution in [2.75, 3.05) is 6.61 Å². The van der Waals surface area contributed by atoms with E-state index >= 15 is 0 Å². The molecule has 5 atom stereocenters. The van der Waals surface area contributed by atoms with Gasteiger partial charge in [-0.05, 0) is 45.2 Å². The van der Waals surface area contributed by atoms with Crippen molar-refractivity contribution >= 4 is 46.2 Å². The highest BCUT2D eigenvalue weighted by Gasteiger charge is 2.22. The molecule has 1 rings (SSSR count). The fourth-order valence-electron chi connectivity index (χ4n) is 2.12. The molecule has 10 heteroatoms. The molecule has 0 saturated carbocycles. The molecule has 1 heterocycles. The summed E-state index contributed by atoms with van der Waals surface area (Å²) in [7, 11) is -7.22. The van der Waals surface area contributed by atoms with Crippen LogP contribution in [0, 0.1) is 0 Å². The van der Waals surface area contributed by atoms with Crippen molar-refractivity contribution in [3.05, 3.63) is 0 Å². The average Bonchev–Trinajstić information content (AvgIpc) is 2.26. The molecule has 0 bridgehead atoms. The van der Waals surface area contributed by atoms with Crippen molar-refractivity contribution < 1.29 is 20.9 Å². The van der Waals surface area contributed by atoms with E-state index in [1.807, 2.05) is 0 Å². The van der Waals surface area contributed by atoms with Gasteiger partial charge in [-0.1, -0.05) is 6.42 Å². The highest BCUT2D eigenvalue weighted by molar-refractivity contribution is 6.69. The molecule has 0 aliphatic carbocycles. The van der Waals surface area contributed by atoms with E-state index in [4.69, 9.17) is 20.9 Å². The maximum absolute atomic E-state index is 6.07. The Morgan fingerprint density at radius 2 is 1.16 bits per heavy atom. The Morgan fingerprint density at radius 3 is 1.79 bits per heavy atom. The molecule has 1 aliphatic rings. The third kappa shape index (κ3) is 8.69. The van der Waals surface area contributed by atoms with Crippen LogP contribution in [0.4, 0.5) is 0 Å². The van der Waals surface area contributed by atoms with Gasteiger partial charge in [0.05, 0.1) is 0 Å². The average molecular weight is 357 g/mol. The molecular weight excluding hydrogens is 329 g/mol. The van der Waals surface area contributed by atoms with Crippen molar-refractivity contribution in [3.8, 4) is 0 Å². The van der Waals surface area contributed by atoms with E-state index in [1.54, 1.807) is 0 Å². The summed E-state index contributed by atoms with van der Waals surface area (Å²) >= 11 is 0. The van der Waals surface area contributed by atoms with Crippen LogP contribution in [0.1, 0.15) is 12.8 Å². The first kappa shape index (κ1) is 17.9. The van der Waals surface area contributed by atoms with E-state index in [0.717, 1.165) is 13.0 Å². The summed E-state index contributed by atoms with van der Waals surface area (Å²) in [6, 6.07) is 1.21. The number of hydrogen-bond acceptors (Lipinski definition) is 5. The third-order valence-corrected chi connectivity index (χ3v) is 17.4. The van der Waals surface area contributed by atoms with Gasteiger partial charge < -0.3 is 20.9 Å². The molecule has 0 aromatic carbocycles. The summed E-state index contributed by atoms with van der Waals surface area (Å²) in [5.74, 6) is 0. The normalized spacial score (nSPS) is 40.6. The van der Waals surface area contributed by atoms with Crippen LogP contribution >= 0.6 is 0 Å². The second-order valence-electron chi connectivity index (χ2n) is 4.99. The zero-order chi connectivity index (χ0) is 14.3. The second kappa shape index (κ2) is 9.75. The summed E-state index contributed by atoms with van der Waals surface area (Å²) < 4.78 is 29.6. The van der Waals surface area contributed by atoms with Gasteiger partial charge >= 0.3 is 9.28 Å². The number of rotatable bonds is 0. The summed E-state index contributed by atoms with van der Waals surface area (Å²) in [6.45, 7) is 11.4. The van der Waals surface area contributed by atoms with Gasteiger partial charge in [-0.25, -0.2) is 0 Å². The molecule has 0 N–H and O–H groups in total. The molecule has 1 saturated heterocycles. The van der Waals surface area contributed by atoms with E-state index in [-0.39, 0.29) is 0 Å². The molecule has 1 fully saturated rings. The smallest absolute Gasteiger partial charge is 0.309 e. The molecule has 19 heavy (non-hydrogen) atoms. The highest BCUT2D eigenvalue weighted by Crippen LogP contribution is 2.08. The van der Waals surface area contributed by atoms with Gasteiger partial charge in [-0.3, -0.25) is 0 Å². The van der Waals surface area contributed by atoms with Crippen LogP contribution in [0.15, 0.2) is 0 Å². The molecule has 0 radical (unpaired) electrons. The van der Waals surface area contributed by atoms with Crippen LogP contribution in [0.2, 0.25) is 38.8 Å². The molecule has 0 aromatic heterocycles. The fourth-order valence-corrected chi connectivity index (χ4v) is 15.9. The van der Waals surface area contributed by atoms with E-state index in [2.05, 4.69) is 32.7 Å². The zero-order valence-electron chi connectivity index (χ0n) is 12.8. The Bertz CT molecular complexity index is 227. The standard InChI is InChI=1S/C9H28O5Si5/c1-15-9-7-6-8-10-16(2)12-18(4)14-19(5)13-17(3)11-15/h15-19H,6-9H2,1-5H3. The van der Waals surface area contributed by atoms with Crippen molar-refractivity contribution in [1.82, 2.24) is 0 Å². The number of hydrogen-bond donors (Lipinski definition) is 0. The predicted octanol–water partition coefficient (Wildman–Crippen LogP) is 0.618. The van der Waals surface area contributed by atoms with E-state index in [0.29, 0.717) is 0 Å². The van der Waals surface area contributed by atoms with Gasteiger partial charge in [0.2, 0.25) is 0 Å². The quantitative estimate of drug-likeness (QED) is 0.595. The molecule has 0 spiro atoms. The summed E-state index contributed by atoms with van der Waals surface area (Å²) in [6.07, 6.45) is 2.31. The summed E-state index contributed by atoms with van der Waals surface area (Å²) in [5.41, 5.74) is 0. The van der Waals surface area contributed by atoms with Gasteiger partial charge in [0.25, 0.3) is 27.9 Å². The largest absolute Gasteiger partial charge is 0.441 e. The minimum Gasteiger partial charge on any atom is -0.441 e. The monoisotopic (exact) mass is 356 g/mol. The van der Waals surface area contributed by atoms with Crippen LogP contribution in [0.3, 0.4) is 0 Å². The van der Waals surface area contributed by atoms with Gasteiger partial charge in [0.15, 0.2) is 9.04 Å². The molecule has 0 aromatic rings. The second-order valence-corrected chi connectivity index (χ2v) is 16.4. The first-order chi connectivity index (χ1) is 8.97. The molecular formula is C9H28O5Si5. The van der Waals surface area contributed by atoms with Crippen LogP contribution in [0.5, 0.6) is 0 Å². The topological polar surface area (TPSA) is 46.2 Å². The molecule has 5 nitrogen and oxygen atoms in total. The van der Waals surface area contributed by atoms with Gasteiger partial charge in [-0.2, -0.15) is 0 Å². The minimum absolute atomic E-state index is 0.825.